The van der Waals surface area contributed by atoms with Gasteiger partial charge < -0.3 is 10.6 Å². The lowest BCUT2D eigenvalue weighted by Crippen LogP contribution is -2.34. The third-order valence-electron chi connectivity index (χ3n) is 3.22. The first-order chi connectivity index (χ1) is 8.58. The maximum absolute atomic E-state index is 12.4. The van der Waals surface area contributed by atoms with Crippen LogP contribution in [0, 0.1) is 5.92 Å². The summed E-state index contributed by atoms with van der Waals surface area (Å²) >= 11 is 0. The molecule has 0 unspecified atom stereocenters. The molecule has 0 atom stereocenters. The fourth-order valence-corrected chi connectivity index (χ4v) is 1.98. The number of nitrogens with zero attached hydrogens (tertiary/aromatic N) is 2. The molecule has 1 aromatic rings. The molecule has 1 aliphatic rings. The van der Waals surface area contributed by atoms with Crippen LogP contribution in [-0.4, -0.2) is 28.4 Å². The third kappa shape index (κ3) is 3.22. The predicted octanol–water partition coefficient (Wildman–Crippen LogP) is 2.31. The number of carbonyl (C=O) groups is 1. The number of hydrogen-bond acceptors (Lipinski definition) is 3. The lowest BCUT2D eigenvalue weighted by Gasteiger charge is -2.23. The number of pyridine rings is 1. The smallest absolute Gasteiger partial charge is 0.254 e. The van der Waals surface area contributed by atoms with Crippen LogP contribution in [0.1, 0.15) is 43.5 Å². The number of hydrogen-bond donors (Lipinski definition) is 1. The topological polar surface area (TPSA) is 59.2 Å². The Kier molecular flexibility index (Phi) is 3.84. The second kappa shape index (κ2) is 5.38. The van der Waals surface area contributed by atoms with Gasteiger partial charge in [-0.05, 0) is 37.3 Å². The molecule has 1 heterocycles. The molecular weight excluding hydrogens is 226 g/mol. The highest BCUT2D eigenvalue weighted by atomic mass is 16.2. The molecule has 98 valence electrons. The van der Waals surface area contributed by atoms with Gasteiger partial charge in [0.15, 0.2) is 0 Å². The lowest BCUT2D eigenvalue weighted by molar-refractivity contribution is 0.0735. The molecule has 1 aromatic heterocycles. The lowest BCUT2D eigenvalue weighted by atomic mass is 10.1. The van der Waals surface area contributed by atoms with Gasteiger partial charge in [-0.3, -0.25) is 4.79 Å². The van der Waals surface area contributed by atoms with Gasteiger partial charge in [-0.2, -0.15) is 0 Å². The molecule has 4 heteroatoms. The summed E-state index contributed by atoms with van der Waals surface area (Å²) in [5, 5.41) is 0. The minimum atomic E-state index is 0.0900. The van der Waals surface area contributed by atoms with Crippen molar-refractivity contribution in [3.63, 3.8) is 0 Å². The molecule has 1 fully saturated rings. The number of rotatable bonds is 5. The SMILES string of the molecule is CC(C)CCN(C(=O)c1ccnc(N)c1)C1CC1. The molecular formula is C14H21N3O. The van der Waals surface area contributed by atoms with Crippen LogP contribution in [0.2, 0.25) is 0 Å². The van der Waals surface area contributed by atoms with Gasteiger partial charge in [0.1, 0.15) is 5.82 Å². The van der Waals surface area contributed by atoms with Gasteiger partial charge in [0.2, 0.25) is 0 Å². The standard InChI is InChI=1S/C14H21N3O/c1-10(2)6-8-17(12-3-4-12)14(18)11-5-7-16-13(15)9-11/h5,7,9-10,12H,3-4,6,8H2,1-2H3,(H2,15,16). The van der Waals surface area contributed by atoms with Crippen LogP contribution in [0.5, 0.6) is 0 Å². The van der Waals surface area contributed by atoms with Gasteiger partial charge in [0.25, 0.3) is 5.91 Å². The monoisotopic (exact) mass is 247 g/mol. The third-order valence-corrected chi connectivity index (χ3v) is 3.22. The summed E-state index contributed by atoms with van der Waals surface area (Å²) in [6, 6.07) is 3.84. The van der Waals surface area contributed by atoms with Gasteiger partial charge in [-0.15, -0.1) is 0 Å². The van der Waals surface area contributed by atoms with Crippen LogP contribution >= 0.6 is 0 Å². The molecule has 1 saturated carbocycles. The molecule has 0 saturated heterocycles. The minimum absolute atomic E-state index is 0.0900. The Bertz CT molecular complexity index is 427. The molecule has 0 radical (unpaired) electrons. The maximum atomic E-state index is 12.4. The molecule has 1 aliphatic carbocycles. The van der Waals surface area contributed by atoms with E-state index in [4.69, 9.17) is 5.73 Å². The van der Waals surface area contributed by atoms with Crippen LogP contribution in [0.15, 0.2) is 18.3 Å². The van der Waals surface area contributed by atoms with E-state index in [9.17, 15) is 4.79 Å². The molecule has 2 N–H and O–H groups in total. The van der Waals surface area contributed by atoms with Crippen LogP contribution < -0.4 is 5.73 Å². The first-order valence-corrected chi connectivity index (χ1v) is 6.60. The van der Waals surface area contributed by atoms with Crippen molar-refractivity contribution in [2.45, 2.75) is 39.2 Å². The van der Waals surface area contributed by atoms with Crippen molar-refractivity contribution in [1.29, 1.82) is 0 Å². The molecule has 0 aliphatic heterocycles. The van der Waals surface area contributed by atoms with Crippen LogP contribution in [0.3, 0.4) is 0 Å². The largest absolute Gasteiger partial charge is 0.384 e. The summed E-state index contributed by atoms with van der Waals surface area (Å²) in [5.41, 5.74) is 6.28. The molecule has 2 rings (SSSR count). The van der Waals surface area contributed by atoms with E-state index < -0.39 is 0 Å². The Morgan fingerprint density at radius 2 is 2.28 bits per heavy atom. The van der Waals surface area contributed by atoms with Crippen molar-refractivity contribution in [2.75, 3.05) is 12.3 Å². The molecule has 0 bridgehead atoms. The molecule has 18 heavy (non-hydrogen) atoms. The van der Waals surface area contributed by atoms with Crippen LogP contribution in [-0.2, 0) is 0 Å². The summed E-state index contributed by atoms with van der Waals surface area (Å²) in [7, 11) is 0. The first-order valence-electron chi connectivity index (χ1n) is 6.60. The summed E-state index contributed by atoms with van der Waals surface area (Å²) in [6.45, 7) is 5.20. The fraction of sp³-hybridized carbons (Fsp3) is 0.571. The summed E-state index contributed by atoms with van der Waals surface area (Å²) in [5.74, 6) is 1.11. The van der Waals surface area contributed by atoms with Crippen molar-refractivity contribution in [3.8, 4) is 0 Å². The summed E-state index contributed by atoms with van der Waals surface area (Å²) < 4.78 is 0. The number of anilines is 1. The number of aromatic nitrogens is 1. The maximum Gasteiger partial charge on any atom is 0.254 e. The van der Waals surface area contributed by atoms with Crippen molar-refractivity contribution < 1.29 is 4.79 Å². The van der Waals surface area contributed by atoms with Crippen LogP contribution in [0.25, 0.3) is 0 Å². The van der Waals surface area contributed by atoms with E-state index in [2.05, 4.69) is 18.8 Å². The average molecular weight is 247 g/mol. The second-order valence-electron chi connectivity index (χ2n) is 5.38. The number of amides is 1. The summed E-state index contributed by atoms with van der Waals surface area (Å²) in [4.78, 5) is 18.4. The van der Waals surface area contributed by atoms with Crippen molar-refractivity contribution in [1.82, 2.24) is 9.88 Å². The van der Waals surface area contributed by atoms with Gasteiger partial charge in [-0.25, -0.2) is 4.98 Å². The first kappa shape index (κ1) is 12.9. The highest BCUT2D eigenvalue weighted by molar-refractivity contribution is 5.95. The fourth-order valence-electron chi connectivity index (χ4n) is 1.98. The minimum Gasteiger partial charge on any atom is -0.384 e. The van der Waals surface area contributed by atoms with E-state index in [1.54, 1.807) is 18.3 Å². The number of nitrogens with two attached hydrogens (primary N) is 1. The Morgan fingerprint density at radius 3 is 2.83 bits per heavy atom. The van der Waals surface area contributed by atoms with Gasteiger partial charge in [0, 0.05) is 24.3 Å². The van der Waals surface area contributed by atoms with E-state index in [0.717, 1.165) is 25.8 Å². The van der Waals surface area contributed by atoms with Crippen LogP contribution in [0.4, 0.5) is 5.82 Å². The normalized spacial score (nSPS) is 14.8. The predicted molar refractivity (Wildman–Crippen MR) is 72.2 cm³/mol. The van der Waals surface area contributed by atoms with Crippen molar-refractivity contribution in [3.05, 3.63) is 23.9 Å². The van der Waals surface area contributed by atoms with E-state index in [1.165, 1.54) is 0 Å². The van der Waals surface area contributed by atoms with Gasteiger partial charge in [-0.1, -0.05) is 13.8 Å². The Balaban J connectivity index is 2.08. The molecule has 0 spiro atoms. The van der Waals surface area contributed by atoms with Gasteiger partial charge >= 0.3 is 0 Å². The number of carbonyl (C=O) groups excluding carboxylic acids is 1. The van der Waals surface area contributed by atoms with E-state index >= 15 is 0 Å². The summed E-state index contributed by atoms with van der Waals surface area (Å²) in [6.07, 6.45) is 4.90. The second-order valence-corrected chi connectivity index (χ2v) is 5.38. The Morgan fingerprint density at radius 1 is 1.56 bits per heavy atom. The highest BCUT2D eigenvalue weighted by Gasteiger charge is 2.32. The molecule has 0 aromatic carbocycles. The Hall–Kier alpha value is -1.58. The zero-order valence-electron chi connectivity index (χ0n) is 11.1. The number of nitrogen functional groups attached to an aromatic ring is 1. The Labute approximate surface area is 108 Å². The zero-order chi connectivity index (χ0) is 13.1. The average Bonchev–Trinajstić information content (AvgIpc) is 3.13. The van der Waals surface area contributed by atoms with Crippen molar-refractivity contribution in [2.24, 2.45) is 5.92 Å². The van der Waals surface area contributed by atoms with Crippen molar-refractivity contribution >= 4 is 11.7 Å². The highest BCUT2D eigenvalue weighted by Crippen LogP contribution is 2.29. The molecule has 4 nitrogen and oxygen atoms in total. The van der Waals surface area contributed by atoms with E-state index in [-0.39, 0.29) is 5.91 Å². The zero-order valence-corrected chi connectivity index (χ0v) is 11.1. The quantitative estimate of drug-likeness (QED) is 0.868. The van der Waals surface area contributed by atoms with E-state index in [1.807, 2.05) is 4.90 Å². The van der Waals surface area contributed by atoms with E-state index in [0.29, 0.717) is 23.3 Å². The molecule has 1 amide bonds. The van der Waals surface area contributed by atoms with Gasteiger partial charge in [0.05, 0.1) is 0 Å².